The Kier molecular flexibility index (Phi) is 4.35. The van der Waals surface area contributed by atoms with Crippen molar-refractivity contribution in [3.8, 4) is 0 Å². The fourth-order valence-electron chi connectivity index (χ4n) is 2.64. The Bertz CT molecular complexity index is 557. The van der Waals surface area contributed by atoms with Gasteiger partial charge in [0.1, 0.15) is 5.60 Å². The second-order valence-corrected chi connectivity index (χ2v) is 6.52. The molecule has 1 heterocycles. The van der Waals surface area contributed by atoms with Crippen LogP contribution in [-0.2, 0) is 14.9 Å². The second-order valence-electron chi connectivity index (χ2n) is 6.52. The van der Waals surface area contributed by atoms with Crippen LogP contribution in [0.5, 0.6) is 0 Å². The Hall–Kier alpha value is -2.18. The van der Waals surface area contributed by atoms with E-state index in [0.29, 0.717) is 18.4 Å². The van der Waals surface area contributed by atoms with Gasteiger partial charge in [-0.3, -0.25) is 10.1 Å². The van der Waals surface area contributed by atoms with Gasteiger partial charge in [0.25, 0.3) is 0 Å². The van der Waals surface area contributed by atoms with Crippen molar-refractivity contribution in [2.75, 3.05) is 5.32 Å². The minimum atomic E-state index is -0.898. The molecule has 0 unspecified atom stereocenters. The molecule has 0 aliphatic heterocycles. The van der Waals surface area contributed by atoms with E-state index in [2.05, 4.69) is 15.3 Å². The maximum absolute atomic E-state index is 11.6. The van der Waals surface area contributed by atoms with Crippen molar-refractivity contribution < 1.29 is 19.4 Å². The molecule has 1 aromatic heterocycles. The Morgan fingerprint density at radius 1 is 1.23 bits per heavy atom. The smallest absolute Gasteiger partial charge is 0.414 e. The summed E-state index contributed by atoms with van der Waals surface area (Å²) >= 11 is 0. The van der Waals surface area contributed by atoms with Crippen molar-refractivity contribution in [3.05, 3.63) is 18.0 Å². The molecule has 1 aromatic rings. The number of amides is 1. The molecule has 7 nitrogen and oxygen atoms in total. The molecule has 22 heavy (non-hydrogen) atoms. The summed E-state index contributed by atoms with van der Waals surface area (Å²) in [4.78, 5) is 31.3. The normalized spacial score (nSPS) is 17.0. The lowest BCUT2D eigenvalue weighted by atomic mass is 9.80. The van der Waals surface area contributed by atoms with Crippen LogP contribution in [-0.4, -0.2) is 32.7 Å². The number of rotatable bonds is 3. The molecule has 0 aromatic carbocycles. The molecule has 0 atom stereocenters. The molecule has 2 N–H and O–H groups in total. The minimum Gasteiger partial charge on any atom is -0.481 e. The Morgan fingerprint density at radius 3 is 2.23 bits per heavy atom. The van der Waals surface area contributed by atoms with Gasteiger partial charge in [-0.2, -0.15) is 0 Å². The van der Waals surface area contributed by atoms with E-state index in [9.17, 15) is 14.7 Å². The number of nitrogens with zero attached hydrogens (tertiary/aromatic N) is 2. The molecule has 0 bridgehead atoms. The van der Waals surface area contributed by atoms with Crippen LogP contribution in [0.4, 0.5) is 10.7 Å². The Labute approximate surface area is 129 Å². The molecule has 1 amide bonds. The summed E-state index contributed by atoms with van der Waals surface area (Å²) in [7, 11) is 0. The van der Waals surface area contributed by atoms with Gasteiger partial charge < -0.3 is 9.84 Å². The molecule has 2 rings (SSSR count). The number of ether oxygens (including phenoxy) is 1. The number of carboxylic acids is 1. The first kappa shape index (κ1) is 16.2. The highest BCUT2D eigenvalue weighted by Crippen LogP contribution is 2.40. The third-order valence-corrected chi connectivity index (χ3v) is 3.68. The molecule has 1 aliphatic rings. The summed E-state index contributed by atoms with van der Waals surface area (Å²) in [6.07, 6.45) is 5.23. The summed E-state index contributed by atoms with van der Waals surface area (Å²) < 4.78 is 5.11. The van der Waals surface area contributed by atoms with Crippen molar-refractivity contribution in [2.24, 2.45) is 0 Å². The van der Waals surface area contributed by atoms with E-state index in [1.807, 2.05) is 0 Å². The van der Waals surface area contributed by atoms with Crippen LogP contribution >= 0.6 is 0 Å². The first-order valence-corrected chi connectivity index (χ1v) is 7.29. The molecular formula is C15H21N3O4. The predicted molar refractivity (Wildman–Crippen MR) is 79.7 cm³/mol. The second kappa shape index (κ2) is 5.90. The molecule has 120 valence electrons. The van der Waals surface area contributed by atoms with Gasteiger partial charge in [0.2, 0.25) is 5.95 Å². The van der Waals surface area contributed by atoms with Crippen LogP contribution in [0.3, 0.4) is 0 Å². The molecule has 1 aliphatic carbocycles. The maximum Gasteiger partial charge on any atom is 0.414 e. The van der Waals surface area contributed by atoms with E-state index in [4.69, 9.17) is 4.74 Å². The highest BCUT2D eigenvalue weighted by atomic mass is 16.6. The average molecular weight is 307 g/mol. The van der Waals surface area contributed by atoms with Gasteiger partial charge in [0.05, 0.1) is 5.41 Å². The fourth-order valence-corrected chi connectivity index (χ4v) is 2.64. The number of carboxylic acid groups (broad SMARTS) is 1. The van der Waals surface area contributed by atoms with Crippen LogP contribution in [0.2, 0.25) is 0 Å². The first-order chi connectivity index (χ1) is 10.2. The Morgan fingerprint density at radius 2 is 1.77 bits per heavy atom. The zero-order valence-electron chi connectivity index (χ0n) is 13.0. The standard InChI is InChI=1S/C15H21N3O4/c1-14(2,3)22-13(21)18-12-16-8-10(9-17-12)15(11(19)20)6-4-5-7-15/h8-9H,4-7H2,1-3H3,(H,19,20)(H,16,17,18,21). The molecule has 1 saturated carbocycles. The number of carbonyl (C=O) groups is 2. The van der Waals surface area contributed by atoms with Crippen LogP contribution in [0.15, 0.2) is 12.4 Å². The molecule has 0 spiro atoms. The van der Waals surface area contributed by atoms with Crippen molar-refractivity contribution >= 4 is 18.0 Å². The molecule has 7 heteroatoms. The van der Waals surface area contributed by atoms with Crippen molar-refractivity contribution in [1.29, 1.82) is 0 Å². The monoisotopic (exact) mass is 307 g/mol. The summed E-state index contributed by atoms with van der Waals surface area (Å²) in [5.74, 6) is -0.752. The first-order valence-electron chi connectivity index (χ1n) is 7.29. The van der Waals surface area contributed by atoms with Gasteiger partial charge in [-0.1, -0.05) is 12.8 Å². The lowest BCUT2D eigenvalue weighted by Crippen LogP contribution is -2.33. The van der Waals surface area contributed by atoms with E-state index >= 15 is 0 Å². The third kappa shape index (κ3) is 3.52. The largest absolute Gasteiger partial charge is 0.481 e. The van der Waals surface area contributed by atoms with E-state index in [-0.39, 0.29) is 5.95 Å². The quantitative estimate of drug-likeness (QED) is 0.890. The topological polar surface area (TPSA) is 101 Å². The number of aliphatic carboxylic acids is 1. The summed E-state index contributed by atoms with van der Waals surface area (Å²) in [6, 6.07) is 0. The van der Waals surface area contributed by atoms with E-state index in [0.717, 1.165) is 12.8 Å². The van der Waals surface area contributed by atoms with E-state index in [1.54, 1.807) is 20.8 Å². The number of carbonyl (C=O) groups excluding carboxylic acids is 1. The van der Waals surface area contributed by atoms with Gasteiger partial charge in [-0.25, -0.2) is 14.8 Å². The lowest BCUT2D eigenvalue weighted by molar-refractivity contribution is -0.143. The van der Waals surface area contributed by atoms with Crippen molar-refractivity contribution in [2.45, 2.75) is 57.5 Å². The molecule has 0 radical (unpaired) electrons. The number of aromatic nitrogens is 2. The van der Waals surface area contributed by atoms with Gasteiger partial charge in [0.15, 0.2) is 0 Å². The maximum atomic E-state index is 11.6. The van der Waals surface area contributed by atoms with Gasteiger partial charge in [-0.15, -0.1) is 0 Å². The Balaban J connectivity index is 2.10. The zero-order valence-corrected chi connectivity index (χ0v) is 13.0. The summed E-state index contributed by atoms with van der Waals surface area (Å²) in [5, 5.41) is 11.9. The summed E-state index contributed by atoms with van der Waals surface area (Å²) in [6.45, 7) is 5.27. The van der Waals surface area contributed by atoms with Gasteiger partial charge in [-0.05, 0) is 33.6 Å². The van der Waals surface area contributed by atoms with Crippen LogP contribution in [0.25, 0.3) is 0 Å². The number of nitrogens with one attached hydrogen (secondary N) is 1. The van der Waals surface area contributed by atoms with Crippen LogP contribution in [0.1, 0.15) is 52.0 Å². The highest BCUT2D eigenvalue weighted by Gasteiger charge is 2.43. The fraction of sp³-hybridized carbons (Fsp3) is 0.600. The number of anilines is 1. The molecular weight excluding hydrogens is 286 g/mol. The number of hydrogen-bond acceptors (Lipinski definition) is 5. The molecule has 1 fully saturated rings. The highest BCUT2D eigenvalue weighted by molar-refractivity contribution is 5.83. The minimum absolute atomic E-state index is 0.0940. The van der Waals surface area contributed by atoms with Crippen molar-refractivity contribution in [1.82, 2.24) is 9.97 Å². The van der Waals surface area contributed by atoms with Crippen LogP contribution < -0.4 is 5.32 Å². The van der Waals surface area contributed by atoms with Gasteiger partial charge in [0, 0.05) is 18.0 Å². The van der Waals surface area contributed by atoms with Crippen molar-refractivity contribution in [3.63, 3.8) is 0 Å². The van der Waals surface area contributed by atoms with E-state index < -0.39 is 23.1 Å². The average Bonchev–Trinajstić information content (AvgIpc) is 2.87. The summed E-state index contributed by atoms with van der Waals surface area (Å²) in [5.41, 5.74) is -0.932. The number of hydrogen-bond donors (Lipinski definition) is 2. The van der Waals surface area contributed by atoms with Gasteiger partial charge >= 0.3 is 12.1 Å². The third-order valence-electron chi connectivity index (χ3n) is 3.68. The lowest BCUT2D eigenvalue weighted by Gasteiger charge is -2.23. The van der Waals surface area contributed by atoms with E-state index in [1.165, 1.54) is 12.4 Å². The zero-order chi connectivity index (χ0) is 16.4. The van der Waals surface area contributed by atoms with Crippen LogP contribution in [0, 0.1) is 0 Å². The predicted octanol–water partition coefficient (Wildman–Crippen LogP) is 2.72. The molecule has 0 saturated heterocycles. The SMILES string of the molecule is CC(C)(C)OC(=O)Nc1ncc(C2(C(=O)O)CCCC2)cn1.